The Morgan fingerprint density at radius 3 is 2.57 bits per heavy atom. The van der Waals surface area contributed by atoms with E-state index in [1.54, 1.807) is 12.1 Å². The Kier molecular flexibility index (Phi) is 5.87. The van der Waals surface area contributed by atoms with Crippen LogP contribution < -0.4 is 20.1 Å². The average Bonchev–Trinajstić information content (AvgIpc) is 2.65. The second-order valence-electron chi connectivity index (χ2n) is 7.77. The van der Waals surface area contributed by atoms with E-state index in [-0.39, 0.29) is 23.7 Å². The molecule has 3 rings (SSSR count). The van der Waals surface area contributed by atoms with E-state index >= 15 is 0 Å². The number of carbonyl (C=O) groups is 2. The van der Waals surface area contributed by atoms with Crippen molar-refractivity contribution in [3.8, 4) is 11.5 Å². The van der Waals surface area contributed by atoms with Gasteiger partial charge in [0.2, 0.25) is 5.91 Å². The average molecular weight is 382 g/mol. The Morgan fingerprint density at radius 1 is 1.14 bits per heavy atom. The maximum Gasteiger partial charge on any atom is 0.266 e. The van der Waals surface area contributed by atoms with Crippen LogP contribution in [0, 0.1) is 0 Å². The Labute approximate surface area is 165 Å². The van der Waals surface area contributed by atoms with E-state index in [0.29, 0.717) is 24.6 Å². The second-order valence-corrected chi connectivity index (χ2v) is 7.77. The van der Waals surface area contributed by atoms with Crippen molar-refractivity contribution in [3.63, 3.8) is 0 Å². The molecule has 1 aliphatic heterocycles. The van der Waals surface area contributed by atoms with Gasteiger partial charge in [-0.15, -0.1) is 0 Å². The van der Waals surface area contributed by atoms with E-state index in [1.165, 1.54) is 5.56 Å². The lowest BCUT2D eigenvalue weighted by Crippen LogP contribution is -2.41. The van der Waals surface area contributed by atoms with Gasteiger partial charge in [0.15, 0.2) is 6.10 Å². The van der Waals surface area contributed by atoms with Gasteiger partial charge in [0.1, 0.15) is 18.1 Å². The molecule has 0 aliphatic carbocycles. The van der Waals surface area contributed by atoms with Crippen LogP contribution in [0.15, 0.2) is 48.5 Å². The van der Waals surface area contributed by atoms with Crippen molar-refractivity contribution in [1.82, 2.24) is 5.32 Å². The Balaban J connectivity index is 1.41. The molecule has 0 fully saturated rings. The highest BCUT2D eigenvalue weighted by Gasteiger charge is 2.29. The van der Waals surface area contributed by atoms with Crippen molar-refractivity contribution < 1.29 is 19.1 Å². The number of para-hydroxylation sites is 2. The third-order valence-corrected chi connectivity index (χ3v) is 4.49. The van der Waals surface area contributed by atoms with E-state index in [1.807, 2.05) is 36.4 Å². The van der Waals surface area contributed by atoms with Gasteiger partial charge in [-0.25, -0.2) is 0 Å². The smallest absolute Gasteiger partial charge is 0.266 e. The lowest BCUT2D eigenvalue weighted by Gasteiger charge is -2.25. The topological polar surface area (TPSA) is 76.7 Å². The monoisotopic (exact) mass is 382 g/mol. The number of rotatable bonds is 6. The first-order valence-corrected chi connectivity index (χ1v) is 9.39. The molecule has 0 saturated carbocycles. The van der Waals surface area contributed by atoms with E-state index < -0.39 is 6.10 Å². The highest BCUT2D eigenvalue weighted by molar-refractivity contribution is 5.99. The lowest BCUT2D eigenvalue weighted by molar-refractivity contribution is -0.130. The molecule has 28 heavy (non-hydrogen) atoms. The van der Waals surface area contributed by atoms with Crippen molar-refractivity contribution >= 4 is 17.5 Å². The number of anilines is 1. The first-order chi connectivity index (χ1) is 13.3. The minimum atomic E-state index is -0.833. The number of hydrogen-bond donors (Lipinski definition) is 2. The molecule has 0 radical (unpaired) electrons. The molecule has 1 atom stereocenters. The molecule has 6 heteroatoms. The molecule has 0 spiro atoms. The van der Waals surface area contributed by atoms with Crippen molar-refractivity contribution in [2.75, 3.05) is 18.5 Å². The lowest BCUT2D eigenvalue weighted by atomic mass is 9.87. The SMILES string of the molecule is CC(C)(C)c1ccc(OCCNC(=O)C[C@@H]2Oc3ccccc3NC2=O)cc1. The Bertz CT molecular complexity index is 840. The zero-order valence-corrected chi connectivity index (χ0v) is 16.5. The van der Waals surface area contributed by atoms with Gasteiger partial charge in [0, 0.05) is 0 Å². The van der Waals surface area contributed by atoms with Gasteiger partial charge in [-0.1, -0.05) is 45.0 Å². The predicted octanol–water partition coefficient (Wildman–Crippen LogP) is 3.27. The minimum Gasteiger partial charge on any atom is -0.492 e. The van der Waals surface area contributed by atoms with Gasteiger partial charge < -0.3 is 20.1 Å². The summed E-state index contributed by atoms with van der Waals surface area (Å²) >= 11 is 0. The molecule has 148 valence electrons. The molecule has 0 saturated heterocycles. The number of carbonyl (C=O) groups excluding carboxylic acids is 2. The summed E-state index contributed by atoms with van der Waals surface area (Å²) in [5.74, 6) is 0.756. The molecule has 2 aromatic carbocycles. The maximum absolute atomic E-state index is 12.1. The Morgan fingerprint density at radius 2 is 1.86 bits per heavy atom. The van der Waals surface area contributed by atoms with Crippen molar-refractivity contribution in [2.24, 2.45) is 0 Å². The normalized spacial score (nSPS) is 15.8. The fourth-order valence-electron chi connectivity index (χ4n) is 2.88. The molecule has 6 nitrogen and oxygen atoms in total. The third-order valence-electron chi connectivity index (χ3n) is 4.49. The molecule has 2 aromatic rings. The summed E-state index contributed by atoms with van der Waals surface area (Å²) in [6, 6.07) is 15.1. The summed E-state index contributed by atoms with van der Waals surface area (Å²) in [4.78, 5) is 24.2. The summed E-state index contributed by atoms with van der Waals surface area (Å²) in [6.07, 6.45) is -0.874. The zero-order valence-electron chi connectivity index (χ0n) is 16.5. The number of nitrogens with one attached hydrogen (secondary N) is 2. The number of benzene rings is 2. The first kappa shape index (κ1) is 19.7. The molecule has 0 bridgehead atoms. The van der Waals surface area contributed by atoms with Crippen LogP contribution in [0.25, 0.3) is 0 Å². The molecular weight excluding hydrogens is 356 g/mol. The number of ether oxygens (including phenoxy) is 2. The Hall–Kier alpha value is -3.02. The molecule has 0 unspecified atom stereocenters. The molecule has 0 aromatic heterocycles. The highest BCUT2D eigenvalue weighted by atomic mass is 16.5. The van der Waals surface area contributed by atoms with Gasteiger partial charge in [-0.05, 0) is 35.2 Å². The van der Waals surface area contributed by atoms with E-state index in [0.717, 1.165) is 5.75 Å². The second kappa shape index (κ2) is 8.33. The fourth-order valence-corrected chi connectivity index (χ4v) is 2.88. The van der Waals surface area contributed by atoms with Crippen LogP contribution >= 0.6 is 0 Å². The standard InChI is InChI=1S/C22H26N2O4/c1-22(2,3)15-8-10-16(11-9-15)27-13-12-23-20(25)14-19-21(26)24-17-6-4-5-7-18(17)28-19/h4-11,19H,12-14H2,1-3H3,(H,23,25)(H,24,26)/t19-/m0/s1. The van der Waals surface area contributed by atoms with Crippen LogP contribution in [0.1, 0.15) is 32.8 Å². The van der Waals surface area contributed by atoms with Crippen LogP contribution in [0.4, 0.5) is 5.69 Å². The van der Waals surface area contributed by atoms with Crippen molar-refractivity contribution in [3.05, 3.63) is 54.1 Å². The van der Waals surface area contributed by atoms with E-state index in [2.05, 4.69) is 31.4 Å². The number of hydrogen-bond acceptors (Lipinski definition) is 4. The summed E-state index contributed by atoms with van der Waals surface area (Å²) in [6.45, 7) is 7.18. The van der Waals surface area contributed by atoms with Crippen LogP contribution in [0.2, 0.25) is 0 Å². The van der Waals surface area contributed by atoms with Gasteiger partial charge in [0.05, 0.1) is 18.7 Å². The van der Waals surface area contributed by atoms with E-state index in [9.17, 15) is 9.59 Å². The van der Waals surface area contributed by atoms with Crippen LogP contribution in [0.5, 0.6) is 11.5 Å². The number of fused-ring (bicyclic) bond motifs is 1. The molecule has 1 heterocycles. The van der Waals surface area contributed by atoms with Gasteiger partial charge >= 0.3 is 0 Å². The predicted molar refractivity (Wildman–Crippen MR) is 108 cm³/mol. The first-order valence-electron chi connectivity index (χ1n) is 9.39. The van der Waals surface area contributed by atoms with Crippen LogP contribution in [-0.2, 0) is 15.0 Å². The van der Waals surface area contributed by atoms with Crippen molar-refractivity contribution in [2.45, 2.75) is 38.7 Å². The van der Waals surface area contributed by atoms with Gasteiger partial charge in [-0.2, -0.15) is 0 Å². The quantitative estimate of drug-likeness (QED) is 0.752. The minimum absolute atomic E-state index is 0.0412. The molecule has 1 aliphatic rings. The van der Waals surface area contributed by atoms with E-state index in [4.69, 9.17) is 9.47 Å². The number of amides is 2. The summed E-state index contributed by atoms with van der Waals surface area (Å²) in [5, 5.41) is 5.51. The van der Waals surface area contributed by atoms with Crippen LogP contribution in [-0.4, -0.2) is 31.1 Å². The summed E-state index contributed by atoms with van der Waals surface area (Å²) in [5.41, 5.74) is 1.95. The third kappa shape index (κ3) is 5.03. The highest BCUT2D eigenvalue weighted by Crippen LogP contribution is 2.29. The summed E-state index contributed by atoms with van der Waals surface area (Å²) in [7, 11) is 0. The molecular formula is C22H26N2O4. The molecule has 2 amide bonds. The van der Waals surface area contributed by atoms with Gasteiger partial charge in [-0.3, -0.25) is 9.59 Å². The van der Waals surface area contributed by atoms with Gasteiger partial charge in [0.25, 0.3) is 5.91 Å². The zero-order chi connectivity index (χ0) is 20.1. The largest absolute Gasteiger partial charge is 0.492 e. The van der Waals surface area contributed by atoms with Crippen LogP contribution in [0.3, 0.4) is 0 Å². The van der Waals surface area contributed by atoms with Crippen molar-refractivity contribution in [1.29, 1.82) is 0 Å². The summed E-state index contributed by atoms with van der Waals surface area (Å²) < 4.78 is 11.3. The molecule has 2 N–H and O–H groups in total. The maximum atomic E-state index is 12.1. The fraction of sp³-hybridized carbons (Fsp3) is 0.364.